The molecule has 0 radical (unpaired) electrons. The molecule has 7 heteroatoms. The van der Waals surface area contributed by atoms with E-state index < -0.39 is 22.5 Å². The largest absolute Gasteiger partial charge is 0.387 e. The highest BCUT2D eigenvalue weighted by Gasteiger charge is 2.26. The Kier molecular flexibility index (Phi) is 4.18. The number of carbonyl (C=O) groups is 1. The molecule has 19 heavy (non-hydrogen) atoms. The van der Waals surface area contributed by atoms with Crippen molar-refractivity contribution in [2.24, 2.45) is 0 Å². The van der Waals surface area contributed by atoms with Gasteiger partial charge >= 0.3 is 0 Å². The van der Waals surface area contributed by atoms with Crippen LogP contribution in [0.4, 0.5) is 5.69 Å². The van der Waals surface area contributed by atoms with Gasteiger partial charge in [-0.05, 0) is 37.1 Å². The predicted molar refractivity (Wildman–Crippen MR) is 70.2 cm³/mol. The normalized spacial score (nSPS) is 16.5. The van der Waals surface area contributed by atoms with E-state index in [9.17, 15) is 13.2 Å². The third kappa shape index (κ3) is 3.12. The van der Waals surface area contributed by atoms with Gasteiger partial charge in [-0.3, -0.25) is 4.79 Å². The highest BCUT2D eigenvalue weighted by molar-refractivity contribution is 7.89. The number of nitrogens with zero attached hydrogens (tertiary/aromatic N) is 1. The molecule has 6 nitrogen and oxygen atoms in total. The maximum absolute atomic E-state index is 12.2. The Morgan fingerprint density at radius 1 is 1.21 bits per heavy atom. The molecule has 1 fully saturated rings. The van der Waals surface area contributed by atoms with Gasteiger partial charge in [-0.25, -0.2) is 8.42 Å². The SMILES string of the molecule is O=C(CO)Nc1ccc(S(=O)(=O)N2CCCC2)cc1. The number of hydrogen-bond acceptors (Lipinski definition) is 4. The summed E-state index contributed by atoms with van der Waals surface area (Å²) in [6.45, 7) is 0.518. The second-order valence-corrected chi connectivity index (χ2v) is 6.28. The summed E-state index contributed by atoms with van der Waals surface area (Å²) in [5.41, 5.74) is 0.458. The Morgan fingerprint density at radius 2 is 1.79 bits per heavy atom. The number of aliphatic hydroxyl groups excluding tert-OH is 1. The molecule has 1 aliphatic rings. The van der Waals surface area contributed by atoms with Crippen molar-refractivity contribution < 1.29 is 18.3 Å². The van der Waals surface area contributed by atoms with E-state index in [0.717, 1.165) is 12.8 Å². The number of aliphatic hydroxyl groups is 1. The molecule has 0 aromatic heterocycles. The van der Waals surface area contributed by atoms with Crippen LogP contribution in [0.15, 0.2) is 29.2 Å². The molecule has 0 bridgehead atoms. The van der Waals surface area contributed by atoms with Gasteiger partial charge < -0.3 is 10.4 Å². The maximum atomic E-state index is 12.2. The van der Waals surface area contributed by atoms with Crippen LogP contribution in [0.1, 0.15) is 12.8 Å². The number of amides is 1. The Balaban J connectivity index is 2.15. The lowest BCUT2D eigenvalue weighted by molar-refractivity contribution is -0.118. The minimum atomic E-state index is -3.42. The number of hydrogen-bond donors (Lipinski definition) is 2. The van der Waals surface area contributed by atoms with E-state index in [1.165, 1.54) is 28.6 Å². The Morgan fingerprint density at radius 3 is 2.32 bits per heavy atom. The van der Waals surface area contributed by atoms with Gasteiger partial charge in [0.05, 0.1) is 4.90 Å². The van der Waals surface area contributed by atoms with E-state index in [0.29, 0.717) is 18.8 Å². The lowest BCUT2D eigenvalue weighted by atomic mass is 10.3. The first-order chi connectivity index (χ1) is 9.04. The first-order valence-electron chi connectivity index (χ1n) is 6.05. The van der Waals surface area contributed by atoms with E-state index in [1.54, 1.807) is 0 Å². The van der Waals surface area contributed by atoms with Crippen molar-refractivity contribution in [2.45, 2.75) is 17.7 Å². The summed E-state index contributed by atoms with van der Waals surface area (Å²) >= 11 is 0. The molecular formula is C12H16N2O4S. The molecular weight excluding hydrogens is 268 g/mol. The molecule has 1 amide bonds. The van der Waals surface area contributed by atoms with Gasteiger partial charge in [0.15, 0.2) is 0 Å². The summed E-state index contributed by atoms with van der Waals surface area (Å²) in [6, 6.07) is 5.94. The third-order valence-electron chi connectivity index (χ3n) is 2.98. The second-order valence-electron chi connectivity index (χ2n) is 4.34. The molecule has 0 atom stereocenters. The minimum Gasteiger partial charge on any atom is -0.387 e. The second kappa shape index (κ2) is 5.68. The fourth-order valence-corrected chi connectivity index (χ4v) is 3.51. The molecule has 2 N–H and O–H groups in total. The summed E-state index contributed by atoms with van der Waals surface area (Å²) in [7, 11) is -3.42. The first-order valence-corrected chi connectivity index (χ1v) is 7.49. The monoisotopic (exact) mass is 284 g/mol. The van der Waals surface area contributed by atoms with E-state index >= 15 is 0 Å². The minimum absolute atomic E-state index is 0.219. The van der Waals surface area contributed by atoms with Crippen molar-refractivity contribution in [3.8, 4) is 0 Å². The summed E-state index contributed by atoms with van der Waals surface area (Å²) < 4.78 is 25.9. The average molecular weight is 284 g/mol. The van der Waals surface area contributed by atoms with E-state index in [2.05, 4.69) is 5.32 Å². The van der Waals surface area contributed by atoms with E-state index in [4.69, 9.17) is 5.11 Å². The number of nitrogens with one attached hydrogen (secondary N) is 1. The van der Waals surface area contributed by atoms with Gasteiger partial charge in [0.2, 0.25) is 15.9 Å². The van der Waals surface area contributed by atoms with Crippen molar-refractivity contribution in [1.29, 1.82) is 0 Å². The van der Waals surface area contributed by atoms with Crippen LogP contribution in [0.2, 0.25) is 0 Å². The zero-order valence-electron chi connectivity index (χ0n) is 10.4. The quantitative estimate of drug-likeness (QED) is 0.838. The standard InChI is InChI=1S/C12H16N2O4S/c15-9-12(16)13-10-3-5-11(6-4-10)19(17,18)14-7-1-2-8-14/h3-6,15H,1-2,7-9H2,(H,13,16). The third-order valence-corrected chi connectivity index (χ3v) is 4.90. The summed E-state index contributed by atoms with van der Waals surface area (Å²) in [5.74, 6) is -0.532. The van der Waals surface area contributed by atoms with Crippen molar-refractivity contribution in [3.05, 3.63) is 24.3 Å². The summed E-state index contributed by atoms with van der Waals surface area (Å²) in [6.07, 6.45) is 1.79. The molecule has 1 saturated heterocycles. The number of anilines is 1. The first kappa shape index (κ1) is 14.0. The van der Waals surface area contributed by atoms with Crippen LogP contribution in [0, 0.1) is 0 Å². The van der Waals surface area contributed by atoms with E-state index in [1.807, 2.05) is 0 Å². The van der Waals surface area contributed by atoms with Crippen LogP contribution in [-0.4, -0.2) is 43.4 Å². The van der Waals surface area contributed by atoms with Crippen LogP contribution in [-0.2, 0) is 14.8 Å². The van der Waals surface area contributed by atoms with Crippen molar-refractivity contribution in [3.63, 3.8) is 0 Å². The molecule has 0 spiro atoms. The number of carbonyl (C=O) groups excluding carboxylic acids is 1. The lowest BCUT2D eigenvalue weighted by Gasteiger charge is -2.15. The molecule has 1 heterocycles. The molecule has 1 aromatic rings. The Hall–Kier alpha value is -1.44. The molecule has 0 saturated carbocycles. The number of benzene rings is 1. The van der Waals surface area contributed by atoms with Gasteiger partial charge in [0, 0.05) is 18.8 Å². The van der Waals surface area contributed by atoms with E-state index in [-0.39, 0.29) is 4.90 Å². The maximum Gasteiger partial charge on any atom is 0.250 e. The Bertz CT molecular complexity index is 548. The van der Waals surface area contributed by atoms with Gasteiger partial charge in [-0.2, -0.15) is 4.31 Å². The van der Waals surface area contributed by atoms with Gasteiger partial charge in [0.1, 0.15) is 6.61 Å². The summed E-state index contributed by atoms with van der Waals surface area (Å²) in [5, 5.41) is 11.1. The zero-order chi connectivity index (χ0) is 13.9. The van der Waals surface area contributed by atoms with Crippen LogP contribution in [0.25, 0.3) is 0 Å². The topological polar surface area (TPSA) is 86.7 Å². The fourth-order valence-electron chi connectivity index (χ4n) is 1.99. The van der Waals surface area contributed by atoms with Crippen LogP contribution in [0.3, 0.4) is 0 Å². The van der Waals surface area contributed by atoms with Gasteiger partial charge in [-0.15, -0.1) is 0 Å². The highest BCUT2D eigenvalue weighted by Crippen LogP contribution is 2.22. The van der Waals surface area contributed by atoms with Crippen LogP contribution in [0.5, 0.6) is 0 Å². The average Bonchev–Trinajstić information content (AvgIpc) is 2.94. The van der Waals surface area contributed by atoms with Crippen molar-refractivity contribution >= 4 is 21.6 Å². The molecule has 1 aliphatic heterocycles. The highest BCUT2D eigenvalue weighted by atomic mass is 32.2. The molecule has 2 rings (SSSR count). The van der Waals surface area contributed by atoms with Crippen LogP contribution < -0.4 is 5.32 Å². The van der Waals surface area contributed by atoms with Crippen molar-refractivity contribution in [2.75, 3.05) is 25.0 Å². The Labute approximate surface area is 112 Å². The smallest absolute Gasteiger partial charge is 0.250 e. The van der Waals surface area contributed by atoms with Gasteiger partial charge in [-0.1, -0.05) is 0 Å². The van der Waals surface area contributed by atoms with Crippen molar-refractivity contribution in [1.82, 2.24) is 4.31 Å². The number of rotatable bonds is 4. The van der Waals surface area contributed by atoms with Gasteiger partial charge in [0.25, 0.3) is 0 Å². The number of sulfonamides is 1. The lowest BCUT2D eigenvalue weighted by Crippen LogP contribution is -2.27. The molecule has 0 unspecified atom stereocenters. The predicted octanol–water partition coefficient (Wildman–Crippen LogP) is 0.402. The zero-order valence-corrected chi connectivity index (χ0v) is 11.2. The fraction of sp³-hybridized carbons (Fsp3) is 0.417. The molecule has 0 aliphatic carbocycles. The van der Waals surface area contributed by atoms with Crippen LogP contribution >= 0.6 is 0 Å². The molecule has 1 aromatic carbocycles. The molecule has 104 valence electrons. The summed E-state index contributed by atoms with van der Waals surface area (Å²) in [4.78, 5) is 11.2.